The van der Waals surface area contributed by atoms with Crippen molar-refractivity contribution in [2.75, 3.05) is 18.0 Å². The van der Waals surface area contributed by atoms with E-state index in [1.807, 2.05) is 4.90 Å². The maximum Gasteiger partial charge on any atom is 0.416 e. The first-order chi connectivity index (χ1) is 22.1. The fourth-order valence-corrected chi connectivity index (χ4v) is 6.49. The van der Waals surface area contributed by atoms with Gasteiger partial charge in [0.05, 0.1) is 29.4 Å². The number of benzene rings is 2. The molecule has 14 heteroatoms. The standard InChI is InChI=1S/C33H31F6N3O5/c1-17-30(21-12-22(32(34,35)36)15-23(13-21)33(37,38)39)47-31(46)42(17)16-26-24(4-6-28(40-26)41-7-2-8-41)25-14-19(3-5-27(25)43)20-9-18(10-20)11-29(44)45/h3-6,12-15,17-18,20,30,43H,2,7-11,16H2,1H3,(H,44,45)/t17-,18-,20+,30-/m0/s1. The summed E-state index contributed by atoms with van der Waals surface area (Å²) in [6.45, 7) is 2.79. The van der Waals surface area contributed by atoms with E-state index in [1.165, 1.54) is 17.9 Å². The number of aromatic hydroxyl groups is 1. The van der Waals surface area contributed by atoms with Crippen molar-refractivity contribution < 1.29 is 50.9 Å². The van der Waals surface area contributed by atoms with Crippen LogP contribution in [0.5, 0.6) is 5.75 Å². The Balaban J connectivity index is 1.33. The highest BCUT2D eigenvalue weighted by atomic mass is 19.4. The minimum atomic E-state index is -5.06. The number of carbonyl (C=O) groups excluding carboxylic acids is 1. The van der Waals surface area contributed by atoms with E-state index in [0.717, 1.165) is 25.1 Å². The van der Waals surface area contributed by atoms with E-state index in [1.54, 1.807) is 24.3 Å². The number of aliphatic carboxylic acids is 1. The molecule has 1 amide bonds. The van der Waals surface area contributed by atoms with Crippen molar-refractivity contribution in [1.29, 1.82) is 0 Å². The number of ether oxygens (including phenoxy) is 1. The lowest BCUT2D eigenvalue weighted by Gasteiger charge is -2.35. The van der Waals surface area contributed by atoms with Crippen LogP contribution in [0.3, 0.4) is 0 Å². The number of rotatable bonds is 8. The van der Waals surface area contributed by atoms with Crippen LogP contribution in [-0.4, -0.2) is 51.3 Å². The Labute approximate surface area is 265 Å². The lowest BCUT2D eigenvalue weighted by atomic mass is 9.70. The molecule has 1 aliphatic carbocycles. The van der Waals surface area contributed by atoms with Gasteiger partial charge in [-0.3, -0.25) is 9.69 Å². The molecule has 1 saturated carbocycles. The van der Waals surface area contributed by atoms with Crippen molar-refractivity contribution in [1.82, 2.24) is 9.88 Å². The van der Waals surface area contributed by atoms with Crippen molar-refractivity contribution in [3.8, 4) is 16.9 Å². The third kappa shape index (κ3) is 6.54. The molecule has 0 bridgehead atoms. The molecule has 3 heterocycles. The Hall–Kier alpha value is -4.49. The normalized spacial score (nSPS) is 22.9. The van der Waals surface area contributed by atoms with Crippen LogP contribution >= 0.6 is 0 Å². The number of carboxylic acids is 1. The molecule has 0 unspecified atom stereocenters. The van der Waals surface area contributed by atoms with Crippen molar-refractivity contribution >= 4 is 17.9 Å². The molecule has 3 fully saturated rings. The first kappa shape index (κ1) is 32.5. The van der Waals surface area contributed by atoms with E-state index in [2.05, 4.69) is 0 Å². The first-order valence-corrected chi connectivity index (χ1v) is 15.1. The summed E-state index contributed by atoms with van der Waals surface area (Å²) in [5.74, 6) is -0.149. The summed E-state index contributed by atoms with van der Waals surface area (Å²) < 4.78 is 86.8. The summed E-state index contributed by atoms with van der Waals surface area (Å²) in [4.78, 5) is 32.3. The number of halogens is 6. The summed E-state index contributed by atoms with van der Waals surface area (Å²) in [5, 5.41) is 20.0. The smallest absolute Gasteiger partial charge is 0.416 e. The molecule has 3 aliphatic rings. The van der Waals surface area contributed by atoms with Crippen molar-refractivity contribution in [3.63, 3.8) is 0 Å². The van der Waals surface area contributed by atoms with Crippen LogP contribution in [0.2, 0.25) is 0 Å². The summed E-state index contributed by atoms with van der Waals surface area (Å²) >= 11 is 0. The van der Waals surface area contributed by atoms with Gasteiger partial charge in [-0.2, -0.15) is 26.3 Å². The summed E-state index contributed by atoms with van der Waals surface area (Å²) in [6, 6.07) is 8.83. The third-order valence-electron chi connectivity index (χ3n) is 9.27. The molecule has 2 aromatic carbocycles. The van der Waals surface area contributed by atoms with E-state index < -0.39 is 53.3 Å². The van der Waals surface area contributed by atoms with Gasteiger partial charge in [-0.05, 0) is 91.6 Å². The van der Waals surface area contributed by atoms with E-state index in [4.69, 9.17) is 14.8 Å². The number of hydrogen-bond acceptors (Lipinski definition) is 6. The topological polar surface area (TPSA) is 103 Å². The summed E-state index contributed by atoms with van der Waals surface area (Å²) in [5.41, 5.74) is -1.30. The molecule has 0 radical (unpaired) electrons. The van der Waals surface area contributed by atoms with Gasteiger partial charge in [0.15, 0.2) is 0 Å². The molecule has 8 nitrogen and oxygen atoms in total. The molecular formula is C33H31F6N3O5. The van der Waals surface area contributed by atoms with E-state index in [0.29, 0.717) is 47.6 Å². The molecule has 2 saturated heterocycles. The zero-order valence-electron chi connectivity index (χ0n) is 25.1. The number of anilines is 1. The van der Waals surface area contributed by atoms with Crippen LogP contribution in [0.1, 0.15) is 72.6 Å². The summed E-state index contributed by atoms with van der Waals surface area (Å²) in [6.07, 6.45) is -10.1. The minimum absolute atomic E-state index is 0.0245. The molecule has 1 aromatic heterocycles. The van der Waals surface area contributed by atoms with Crippen molar-refractivity contribution in [2.24, 2.45) is 5.92 Å². The average Bonchev–Trinajstić information content (AvgIpc) is 3.22. The number of alkyl halides is 6. The Bertz CT molecular complexity index is 1670. The molecule has 47 heavy (non-hydrogen) atoms. The molecule has 2 N–H and O–H groups in total. The molecule has 3 aromatic rings. The van der Waals surface area contributed by atoms with Crippen molar-refractivity contribution in [3.05, 3.63) is 76.5 Å². The Morgan fingerprint density at radius 2 is 1.60 bits per heavy atom. The second kappa shape index (κ2) is 11.9. The highest BCUT2D eigenvalue weighted by Gasteiger charge is 2.44. The number of hydrogen-bond donors (Lipinski definition) is 2. The number of carboxylic acid groups (broad SMARTS) is 1. The second-order valence-electron chi connectivity index (χ2n) is 12.4. The van der Waals surface area contributed by atoms with Gasteiger partial charge < -0.3 is 19.8 Å². The van der Waals surface area contributed by atoms with Crippen LogP contribution in [0.25, 0.3) is 11.1 Å². The Kier molecular flexibility index (Phi) is 8.25. The van der Waals surface area contributed by atoms with Gasteiger partial charge in [0.25, 0.3) is 0 Å². The molecular weight excluding hydrogens is 632 g/mol. The molecule has 2 atom stereocenters. The number of pyridine rings is 1. The van der Waals surface area contributed by atoms with Crippen LogP contribution in [0.15, 0.2) is 48.5 Å². The van der Waals surface area contributed by atoms with Gasteiger partial charge in [0.2, 0.25) is 0 Å². The second-order valence-corrected chi connectivity index (χ2v) is 12.4. The average molecular weight is 664 g/mol. The van der Waals surface area contributed by atoms with E-state index in [-0.39, 0.29) is 36.6 Å². The van der Waals surface area contributed by atoms with Crippen LogP contribution < -0.4 is 4.90 Å². The zero-order chi connectivity index (χ0) is 33.8. The minimum Gasteiger partial charge on any atom is -0.507 e. The highest BCUT2D eigenvalue weighted by molar-refractivity contribution is 5.76. The van der Waals surface area contributed by atoms with Crippen LogP contribution in [0, 0.1) is 5.92 Å². The van der Waals surface area contributed by atoms with Gasteiger partial charge in [0, 0.05) is 30.6 Å². The SMILES string of the molecule is C[C@H]1[C@@H](c2cc(C(F)(F)F)cc(C(F)(F)F)c2)OC(=O)N1Cc1nc(N2CCC2)ccc1-c1cc([C@H]2C[C@@H](CC(=O)O)C2)ccc1O. The Morgan fingerprint density at radius 1 is 0.936 bits per heavy atom. The van der Waals surface area contributed by atoms with E-state index >= 15 is 0 Å². The molecule has 6 rings (SSSR count). The molecule has 2 aliphatic heterocycles. The number of carbonyl (C=O) groups is 2. The van der Waals surface area contributed by atoms with Crippen LogP contribution in [0.4, 0.5) is 37.0 Å². The van der Waals surface area contributed by atoms with Gasteiger partial charge in [-0.25, -0.2) is 9.78 Å². The third-order valence-corrected chi connectivity index (χ3v) is 9.27. The maximum absolute atomic E-state index is 13.6. The van der Waals surface area contributed by atoms with E-state index in [9.17, 15) is 41.0 Å². The fraction of sp³-hybridized carbons (Fsp3) is 0.424. The number of aromatic nitrogens is 1. The maximum atomic E-state index is 13.6. The highest BCUT2D eigenvalue weighted by Crippen LogP contribution is 2.46. The first-order valence-electron chi connectivity index (χ1n) is 15.1. The van der Waals surface area contributed by atoms with Gasteiger partial charge in [0.1, 0.15) is 17.7 Å². The quantitative estimate of drug-likeness (QED) is 0.238. The van der Waals surface area contributed by atoms with Crippen LogP contribution in [-0.2, 0) is 28.4 Å². The van der Waals surface area contributed by atoms with Crippen molar-refractivity contribution in [2.45, 2.75) is 69.6 Å². The summed E-state index contributed by atoms with van der Waals surface area (Å²) in [7, 11) is 0. The largest absolute Gasteiger partial charge is 0.507 e. The Morgan fingerprint density at radius 3 is 2.17 bits per heavy atom. The fourth-order valence-electron chi connectivity index (χ4n) is 6.49. The lowest BCUT2D eigenvalue weighted by Crippen LogP contribution is -2.38. The zero-order valence-corrected chi connectivity index (χ0v) is 25.1. The number of phenols is 1. The number of nitrogens with zero attached hydrogens (tertiary/aromatic N) is 3. The number of cyclic esters (lactones) is 1. The number of amides is 1. The van der Waals surface area contributed by atoms with Gasteiger partial charge in [-0.15, -0.1) is 0 Å². The number of phenolic OH excluding ortho intramolecular Hbond substituents is 1. The van der Waals surface area contributed by atoms with Gasteiger partial charge >= 0.3 is 24.4 Å². The lowest BCUT2D eigenvalue weighted by molar-refractivity contribution is -0.143. The molecule has 250 valence electrons. The van der Waals surface area contributed by atoms with Gasteiger partial charge in [-0.1, -0.05) is 6.07 Å². The predicted octanol–water partition coefficient (Wildman–Crippen LogP) is 7.75. The monoisotopic (exact) mass is 663 g/mol. The predicted molar refractivity (Wildman–Crippen MR) is 157 cm³/mol. The molecule has 0 spiro atoms.